The molecule has 28 heavy (non-hydrogen) atoms. The van der Waals surface area contributed by atoms with Crippen molar-refractivity contribution in [3.8, 4) is 11.4 Å². The fourth-order valence-corrected chi connectivity index (χ4v) is 3.58. The molecular formula is C19H19N3O5S. The van der Waals surface area contributed by atoms with Crippen LogP contribution < -0.4 is 15.6 Å². The molecule has 0 aliphatic heterocycles. The van der Waals surface area contributed by atoms with Gasteiger partial charge in [-0.25, -0.2) is 4.79 Å². The van der Waals surface area contributed by atoms with Gasteiger partial charge in [0, 0.05) is 23.3 Å². The fourth-order valence-electron chi connectivity index (χ4n) is 2.62. The van der Waals surface area contributed by atoms with Crippen LogP contribution in [0.15, 0.2) is 34.4 Å². The molecule has 0 spiro atoms. The minimum atomic E-state index is -0.643. The maximum absolute atomic E-state index is 13.2. The Labute approximate surface area is 164 Å². The van der Waals surface area contributed by atoms with Gasteiger partial charge in [-0.05, 0) is 19.1 Å². The van der Waals surface area contributed by atoms with Gasteiger partial charge in [-0.1, -0.05) is 13.0 Å². The van der Waals surface area contributed by atoms with Crippen LogP contribution in [0.5, 0.6) is 5.75 Å². The van der Waals surface area contributed by atoms with E-state index < -0.39 is 11.5 Å². The van der Waals surface area contributed by atoms with E-state index in [0.29, 0.717) is 21.8 Å². The van der Waals surface area contributed by atoms with E-state index in [2.05, 4.69) is 10.4 Å². The van der Waals surface area contributed by atoms with Crippen LogP contribution in [0.25, 0.3) is 16.5 Å². The number of ether oxygens (including phenoxy) is 2. The molecule has 1 N–H and O–H groups in total. The second-order valence-corrected chi connectivity index (χ2v) is 6.62. The Morgan fingerprint density at radius 1 is 1.29 bits per heavy atom. The van der Waals surface area contributed by atoms with E-state index in [9.17, 15) is 14.4 Å². The van der Waals surface area contributed by atoms with E-state index in [4.69, 9.17) is 9.47 Å². The van der Waals surface area contributed by atoms with Gasteiger partial charge in [0.25, 0.3) is 5.56 Å². The smallest absolute Gasteiger partial charge is 0.359 e. The van der Waals surface area contributed by atoms with Crippen molar-refractivity contribution in [1.29, 1.82) is 0 Å². The number of aromatic nitrogens is 2. The van der Waals surface area contributed by atoms with Gasteiger partial charge in [-0.15, -0.1) is 11.3 Å². The standard InChI is InChI=1S/C19H19N3O5S/c1-4-14(23)20-17-15-13(10-28-17)16(19(25)27-5-2)21-22(18(15)24)11-7-6-8-12(9-11)26-3/h6-10H,4-5H2,1-3H3,(H,20,23). The highest BCUT2D eigenvalue weighted by Gasteiger charge is 2.23. The van der Waals surface area contributed by atoms with Crippen molar-refractivity contribution < 1.29 is 19.1 Å². The topological polar surface area (TPSA) is 99.5 Å². The lowest BCUT2D eigenvalue weighted by Gasteiger charge is -2.10. The Morgan fingerprint density at radius 2 is 2.07 bits per heavy atom. The quantitative estimate of drug-likeness (QED) is 0.638. The summed E-state index contributed by atoms with van der Waals surface area (Å²) in [6, 6.07) is 6.75. The highest BCUT2D eigenvalue weighted by atomic mass is 32.1. The lowest BCUT2D eigenvalue weighted by molar-refractivity contribution is -0.115. The van der Waals surface area contributed by atoms with E-state index in [1.54, 1.807) is 43.5 Å². The average molecular weight is 401 g/mol. The molecule has 8 nitrogen and oxygen atoms in total. The number of rotatable bonds is 6. The summed E-state index contributed by atoms with van der Waals surface area (Å²) in [4.78, 5) is 37.5. The summed E-state index contributed by atoms with van der Waals surface area (Å²) in [5, 5.41) is 9.52. The minimum absolute atomic E-state index is 0.00696. The molecule has 146 valence electrons. The van der Waals surface area contributed by atoms with Gasteiger partial charge in [-0.2, -0.15) is 9.78 Å². The summed E-state index contributed by atoms with van der Waals surface area (Å²) in [7, 11) is 1.51. The lowest BCUT2D eigenvalue weighted by atomic mass is 10.2. The second-order valence-electron chi connectivity index (χ2n) is 5.74. The highest BCUT2D eigenvalue weighted by molar-refractivity contribution is 7.16. The maximum Gasteiger partial charge on any atom is 0.359 e. The first kappa shape index (κ1) is 19.6. The number of nitrogens with one attached hydrogen (secondary N) is 1. The van der Waals surface area contributed by atoms with Crippen LogP contribution >= 0.6 is 11.3 Å². The molecule has 0 fully saturated rings. The van der Waals surface area contributed by atoms with Gasteiger partial charge in [0.1, 0.15) is 10.8 Å². The molecule has 0 atom stereocenters. The van der Waals surface area contributed by atoms with Crippen LogP contribution in [0, 0.1) is 0 Å². The van der Waals surface area contributed by atoms with Gasteiger partial charge >= 0.3 is 5.97 Å². The molecule has 1 aromatic carbocycles. The molecule has 1 amide bonds. The first-order valence-electron chi connectivity index (χ1n) is 8.66. The lowest BCUT2D eigenvalue weighted by Crippen LogP contribution is -2.25. The zero-order chi connectivity index (χ0) is 20.3. The number of anilines is 1. The predicted octanol–water partition coefficient (Wildman–Crippen LogP) is 2.98. The van der Waals surface area contributed by atoms with Crippen molar-refractivity contribution in [2.75, 3.05) is 19.0 Å². The molecule has 0 aliphatic rings. The summed E-state index contributed by atoms with van der Waals surface area (Å²) in [6.45, 7) is 3.57. The number of methoxy groups -OCH3 is 1. The van der Waals surface area contributed by atoms with Gasteiger partial charge in [0.2, 0.25) is 5.91 Å². The predicted molar refractivity (Wildman–Crippen MR) is 107 cm³/mol. The molecule has 2 aromatic heterocycles. The second kappa shape index (κ2) is 8.22. The highest BCUT2D eigenvalue weighted by Crippen LogP contribution is 2.31. The number of fused-ring (bicyclic) bond motifs is 1. The Morgan fingerprint density at radius 3 is 2.75 bits per heavy atom. The Balaban J connectivity index is 2.30. The van der Waals surface area contributed by atoms with Crippen LogP contribution in [0.2, 0.25) is 0 Å². The van der Waals surface area contributed by atoms with Crippen LogP contribution in [-0.2, 0) is 9.53 Å². The maximum atomic E-state index is 13.2. The normalized spacial score (nSPS) is 10.7. The number of carbonyl (C=O) groups is 2. The monoisotopic (exact) mass is 401 g/mol. The number of esters is 1. The molecule has 2 heterocycles. The molecule has 9 heteroatoms. The largest absolute Gasteiger partial charge is 0.497 e. The van der Waals surface area contributed by atoms with Crippen molar-refractivity contribution in [3.63, 3.8) is 0 Å². The zero-order valence-electron chi connectivity index (χ0n) is 15.6. The van der Waals surface area contributed by atoms with Gasteiger partial charge in [0.05, 0.1) is 24.8 Å². The van der Waals surface area contributed by atoms with Crippen molar-refractivity contribution >= 4 is 39.0 Å². The van der Waals surface area contributed by atoms with Gasteiger partial charge < -0.3 is 14.8 Å². The van der Waals surface area contributed by atoms with Gasteiger partial charge in [-0.3, -0.25) is 9.59 Å². The first-order chi connectivity index (χ1) is 13.5. The third-order valence-electron chi connectivity index (χ3n) is 3.99. The van der Waals surface area contributed by atoms with Crippen LogP contribution in [0.1, 0.15) is 30.8 Å². The van der Waals surface area contributed by atoms with E-state index >= 15 is 0 Å². The molecule has 0 unspecified atom stereocenters. The van der Waals surface area contributed by atoms with E-state index in [0.717, 1.165) is 16.0 Å². The number of hydrogen-bond donors (Lipinski definition) is 1. The van der Waals surface area contributed by atoms with Crippen molar-refractivity contribution in [1.82, 2.24) is 9.78 Å². The zero-order valence-corrected chi connectivity index (χ0v) is 16.5. The fraction of sp³-hybridized carbons (Fsp3) is 0.263. The minimum Gasteiger partial charge on any atom is -0.497 e. The van der Waals surface area contributed by atoms with E-state index in [1.165, 1.54) is 7.11 Å². The van der Waals surface area contributed by atoms with E-state index in [-0.39, 0.29) is 30.0 Å². The molecule has 3 rings (SSSR count). The molecule has 0 saturated carbocycles. The summed E-state index contributed by atoms with van der Waals surface area (Å²) < 4.78 is 11.4. The van der Waals surface area contributed by atoms with Crippen LogP contribution in [0.4, 0.5) is 5.00 Å². The van der Waals surface area contributed by atoms with E-state index in [1.807, 2.05) is 0 Å². The molecule has 0 bridgehead atoms. The number of benzene rings is 1. The number of hydrogen-bond acceptors (Lipinski definition) is 7. The summed E-state index contributed by atoms with van der Waals surface area (Å²) >= 11 is 1.16. The van der Waals surface area contributed by atoms with Crippen molar-refractivity contribution in [3.05, 3.63) is 45.7 Å². The van der Waals surface area contributed by atoms with Crippen molar-refractivity contribution in [2.24, 2.45) is 0 Å². The summed E-state index contributed by atoms with van der Waals surface area (Å²) in [6.07, 6.45) is 0.263. The molecule has 0 radical (unpaired) electrons. The number of carbonyl (C=O) groups excluding carboxylic acids is 2. The SMILES string of the molecule is CCOC(=O)c1nn(-c2cccc(OC)c2)c(=O)c2c(NC(=O)CC)scc12. The summed E-state index contributed by atoms with van der Waals surface area (Å²) in [5.41, 5.74) is -0.0211. The number of thiophene rings is 1. The summed E-state index contributed by atoms with van der Waals surface area (Å²) in [5.74, 6) is -0.338. The van der Waals surface area contributed by atoms with Gasteiger partial charge in [0.15, 0.2) is 5.69 Å². The third-order valence-corrected chi connectivity index (χ3v) is 4.89. The van der Waals surface area contributed by atoms with Crippen molar-refractivity contribution in [2.45, 2.75) is 20.3 Å². The molecule has 0 saturated heterocycles. The van der Waals surface area contributed by atoms with Crippen LogP contribution in [0.3, 0.4) is 0 Å². The number of nitrogens with zero attached hydrogens (tertiary/aromatic N) is 2. The Bertz CT molecular complexity index is 1100. The average Bonchev–Trinajstić information content (AvgIpc) is 3.12. The Hall–Kier alpha value is -3.20. The molecule has 0 aliphatic carbocycles. The number of amides is 1. The molecular weight excluding hydrogens is 382 g/mol. The first-order valence-corrected chi connectivity index (χ1v) is 9.54. The Kier molecular flexibility index (Phi) is 5.74. The van der Waals surface area contributed by atoms with Crippen LogP contribution in [-0.4, -0.2) is 35.4 Å². The molecule has 3 aromatic rings. The third kappa shape index (κ3) is 3.61.